The second-order valence-corrected chi connectivity index (χ2v) is 2.86. The molecule has 0 amide bonds. The van der Waals surface area contributed by atoms with E-state index in [9.17, 15) is 4.39 Å². The van der Waals surface area contributed by atoms with Crippen LogP contribution in [0.15, 0.2) is 30.5 Å². The van der Waals surface area contributed by atoms with E-state index >= 15 is 0 Å². The van der Waals surface area contributed by atoms with Crippen molar-refractivity contribution in [2.24, 2.45) is 0 Å². The Balaban J connectivity index is 2.48. The first-order chi connectivity index (χ1) is 5.86. The molecule has 2 rings (SSSR count). The van der Waals surface area contributed by atoms with Gasteiger partial charge < -0.3 is 0 Å². The zero-order chi connectivity index (χ0) is 8.39. The highest BCUT2D eigenvalue weighted by molar-refractivity contribution is 6.99. The van der Waals surface area contributed by atoms with Crippen LogP contribution in [0.25, 0.3) is 11.3 Å². The van der Waals surface area contributed by atoms with Crippen LogP contribution in [-0.2, 0) is 0 Å². The molecule has 1 aromatic heterocycles. The lowest BCUT2D eigenvalue weighted by Crippen LogP contribution is -1.78. The number of benzene rings is 1. The van der Waals surface area contributed by atoms with Crippen LogP contribution in [0.3, 0.4) is 0 Å². The molecule has 0 N–H and O–H groups in total. The molecule has 2 nitrogen and oxygen atoms in total. The third-order valence-electron chi connectivity index (χ3n) is 1.48. The lowest BCUT2D eigenvalue weighted by Gasteiger charge is -1.93. The summed E-state index contributed by atoms with van der Waals surface area (Å²) in [7, 11) is 0. The summed E-state index contributed by atoms with van der Waals surface area (Å²) in [4.78, 5) is 0. The van der Waals surface area contributed by atoms with Gasteiger partial charge in [0.15, 0.2) is 0 Å². The Morgan fingerprint density at radius 2 is 2.25 bits per heavy atom. The summed E-state index contributed by atoms with van der Waals surface area (Å²) < 4.78 is 20.5. The molecule has 4 heteroatoms. The molecule has 2 aromatic rings. The van der Waals surface area contributed by atoms with Gasteiger partial charge in [-0.2, -0.15) is 8.75 Å². The van der Waals surface area contributed by atoms with Gasteiger partial charge in [0.1, 0.15) is 11.5 Å². The number of halogens is 1. The lowest BCUT2D eigenvalue weighted by molar-refractivity contribution is 0.628. The fourth-order valence-corrected chi connectivity index (χ4v) is 1.37. The molecule has 0 radical (unpaired) electrons. The highest BCUT2D eigenvalue weighted by Gasteiger charge is 2.00. The predicted octanol–water partition coefficient (Wildman–Crippen LogP) is 2.34. The van der Waals surface area contributed by atoms with Gasteiger partial charge in [0.2, 0.25) is 0 Å². The van der Waals surface area contributed by atoms with Crippen molar-refractivity contribution in [1.29, 1.82) is 0 Å². The van der Waals surface area contributed by atoms with Gasteiger partial charge in [-0.3, -0.25) is 0 Å². The normalized spacial score (nSPS) is 10.1. The second kappa shape index (κ2) is 2.98. The first kappa shape index (κ1) is 7.36. The van der Waals surface area contributed by atoms with Gasteiger partial charge in [0, 0.05) is 5.56 Å². The number of rotatable bonds is 1. The van der Waals surface area contributed by atoms with Crippen LogP contribution in [-0.4, -0.2) is 8.75 Å². The number of hydrogen-bond donors (Lipinski definition) is 0. The van der Waals surface area contributed by atoms with E-state index in [-0.39, 0.29) is 5.82 Å². The molecule has 0 saturated heterocycles. The highest BCUT2D eigenvalue weighted by atomic mass is 32.1. The topological polar surface area (TPSA) is 25.8 Å². The minimum Gasteiger partial charge on any atom is -0.207 e. The number of aromatic nitrogens is 2. The monoisotopic (exact) mass is 180 g/mol. The fraction of sp³-hybridized carbons (Fsp3) is 0. The van der Waals surface area contributed by atoms with Crippen LogP contribution in [0, 0.1) is 5.82 Å². The van der Waals surface area contributed by atoms with Crippen LogP contribution in [0.2, 0.25) is 0 Å². The van der Waals surface area contributed by atoms with Crippen molar-refractivity contribution in [3.63, 3.8) is 0 Å². The summed E-state index contributed by atoms with van der Waals surface area (Å²) in [5.41, 5.74) is 1.49. The van der Waals surface area contributed by atoms with E-state index in [1.165, 1.54) is 12.1 Å². The van der Waals surface area contributed by atoms with Gasteiger partial charge in [0.05, 0.1) is 17.9 Å². The van der Waals surface area contributed by atoms with Crippen molar-refractivity contribution >= 4 is 11.7 Å². The molecular weight excluding hydrogens is 175 g/mol. The van der Waals surface area contributed by atoms with E-state index in [2.05, 4.69) is 8.75 Å². The van der Waals surface area contributed by atoms with Crippen molar-refractivity contribution in [3.05, 3.63) is 36.3 Å². The maximum atomic E-state index is 12.7. The standard InChI is InChI=1S/C8H5FN2S/c9-7-3-1-2-6(4-7)8-5-10-12-11-8/h1-5H. The van der Waals surface area contributed by atoms with Crippen molar-refractivity contribution in [2.75, 3.05) is 0 Å². The van der Waals surface area contributed by atoms with Crippen molar-refractivity contribution < 1.29 is 4.39 Å². The van der Waals surface area contributed by atoms with Crippen LogP contribution in [0.1, 0.15) is 0 Å². The average Bonchev–Trinajstić information content (AvgIpc) is 2.56. The molecule has 1 heterocycles. The Morgan fingerprint density at radius 1 is 1.33 bits per heavy atom. The van der Waals surface area contributed by atoms with E-state index in [0.717, 1.165) is 23.0 Å². The molecule has 0 atom stereocenters. The maximum Gasteiger partial charge on any atom is 0.123 e. The summed E-state index contributed by atoms with van der Waals surface area (Å²) in [5, 5.41) is 0. The smallest absolute Gasteiger partial charge is 0.123 e. The van der Waals surface area contributed by atoms with Crippen molar-refractivity contribution in [2.45, 2.75) is 0 Å². The second-order valence-electron chi connectivity index (χ2n) is 2.30. The molecule has 60 valence electrons. The third kappa shape index (κ3) is 1.33. The lowest BCUT2D eigenvalue weighted by atomic mass is 10.2. The molecule has 0 bridgehead atoms. The molecule has 1 aromatic carbocycles. The predicted molar refractivity (Wildman–Crippen MR) is 45.3 cm³/mol. The first-order valence-electron chi connectivity index (χ1n) is 3.40. The largest absolute Gasteiger partial charge is 0.207 e. The Hall–Kier alpha value is -1.29. The van der Waals surface area contributed by atoms with Gasteiger partial charge in [-0.05, 0) is 12.1 Å². The Morgan fingerprint density at radius 3 is 2.92 bits per heavy atom. The van der Waals surface area contributed by atoms with E-state index in [1.807, 2.05) is 0 Å². The SMILES string of the molecule is Fc1cccc(-c2cnsn2)c1. The van der Waals surface area contributed by atoms with Gasteiger partial charge in [-0.25, -0.2) is 4.39 Å². The summed E-state index contributed by atoms with van der Waals surface area (Å²) in [5.74, 6) is -0.250. The molecule has 12 heavy (non-hydrogen) atoms. The molecular formula is C8H5FN2S. The highest BCUT2D eigenvalue weighted by Crippen LogP contribution is 2.17. The molecule has 0 aliphatic rings. The Bertz CT molecular complexity index is 372. The minimum absolute atomic E-state index is 0.250. The van der Waals surface area contributed by atoms with E-state index in [0.29, 0.717) is 0 Å². The average molecular weight is 180 g/mol. The zero-order valence-corrected chi connectivity index (χ0v) is 6.88. The Kier molecular flexibility index (Phi) is 1.83. The van der Waals surface area contributed by atoms with Gasteiger partial charge in [-0.1, -0.05) is 12.1 Å². The third-order valence-corrected chi connectivity index (χ3v) is 1.96. The van der Waals surface area contributed by atoms with E-state index < -0.39 is 0 Å². The number of nitrogens with zero attached hydrogens (tertiary/aromatic N) is 2. The van der Waals surface area contributed by atoms with Crippen LogP contribution in [0.5, 0.6) is 0 Å². The minimum atomic E-state index is -0.250. The molecule has 0 spiro atoms. The molecule has 0 fully saturated rings. The molecule has 0 unspecified atom stereocenters. The zero-order valence-electron chi connectivity index (χ0n) is 6.07. The van der Waals surface area contributed by atoms with Crippen molar-refractivity contribution in [3.8, 4) is 11.3 Å². The summed E-state index contributed by atoms with van der Waals surface area (Å²) in [6.45, 7) is 0. The van der Waals surface area contributed by atoms with Gasteiger partial charge >= 0.3 is 0 Å². The number of hydrogen-bond acceptors (Lipinski definition) is 3. The quantitative estimate of drug-likeness (QED) is 0.673. The van der Waals surface area contributed by atoms with Crippen LogP contribution < -0.4 is 0 Å². The molecule has 0 saturated carbocycles. The summed E-state index contributed by atoms with van der Waals surface area (Å²) >= 11 is 1.12. The Labute approximate surface area is 73.0 Å². The fourth-order valence-electron chi connectivity index (χ4n) is 0.940. The van der Waals surface area contributed by atoms with E-state index in [1.54, 1.807) is 18.3 Å². The maximum absolute atomic E-state index is 12.7. The van der Waals surface area contributed by atoms with Crippen LogP contribution in [0.4, 0.5) is 4.39 Å². The molecule has 0 aliphatic heterocycles. The van der Waals surface area contributed by atoms with E-state index in [4.69, 9.17) is 0 Å². The van der Waals surface area contributed by atoms with Crippen molar-refractivity contribution in [1.82, 2.24) is 8.75 Å². The van der Waals surface area contributed by atoms with Crippen LogP contribution >= 0.6 is 11.7 Å². The van der Waals surface area contributed by atoms with Gasteiger partial charge in [-0.15, -0.1) is 0 Å². The summed E-state index contributed by atoms with van der Waals surface area (Å²) in [6.07, 6.45) is 1.62. The van der Waals surface area contributed by atoms with Gasteiger partial charge in [0.25, 0.3) is 0 Å². The summed E-state index contributed by atoms with van der Waals surface area (Å²) in [6, 6.07) is 6.31. The first-order valence-corrected chi connectivity index (χ1v) is 4.13. The molecule has 0 aliphatic carbocycles.